The fourth-order valence-corrected chi connectivity index (χ4v) is 3.45. The van der Waals surface area contributed by atoms with Crippen LogP contribution in [0.4, 0.5) is 0 Å². The van der Waals surface area contributed by atoms with Crippen LogP contribution in [-0.4, -0.2) is 0 Å². The molecule has 0 spiro atoms. The first-order valence-electron chi connectivity index (χ1n) is 6.12. The Hall–Kier alpha value is -0.0900. The number of nitrogens with two attached hydrogens (primary N) is 1. The van der Waals surface area contributed by atoms with Crippen molar-refractivity contribution in [2.24, 2.45) is 11.8 Å². The molecule has 1 aromatic rings. The molecule has 1 saturated carbocycles. The zero-order chi connectivity index (χ0) is 12.3. The molecule has 0 bridgehead atoms. The van der Waals surface area contributed by atoms with E-state index >= 15 is 0 Å². The molecule has 1 aliphatic carbocycles. The number of halogens is 2. The van der Waals surface area contributed by atoms with Crippen molar-refractivity contribution >= 4 is 27.5 Å². The summed E-state index contributed by atoms with van der Waals surface area (Å²) in [6, 6.07) is 6.15. The van der Waals surface area contributed by atoms with Crippen LogP contribution in [0.2, 0.25) is 5.02 Å². The summed E-state index contributed by atoms with van der Waals surface area (Å²) in [5, 5.41) is 0.778. The number of rotatable bonds is 4. The van der Waals surface area contributed by atoms with E-state index in [4.69, 9.17) is 17.4 Å². The van der Waals surface area contributed by atoms with Gasteiger partial charge in [-0.1, -0.05) is 59.3 Å². The van der Waals surface area contributed by atoms with Gasteiger partial charge in [0.15, 0.2) is 0 Å². The molecule has 17 heavy (non-hydrogen) atoms. The van der Waals surface area contributed by atoms with E-state index in [1.807, 2.05) is 18.2 Å². The molecular weight excluding hydrogens is 300 g/mol. The SMILES string of the molecule is NNC(CC1CCCC1)c1ccc(Br)cc1Cl. The monoisotopic (exact) mass is 316 g/mol. The summed E-state index contributed by atoms with van der Waals surface area (Å²) in [6.45, 7) is 0. The first-order chi connectivity index (χ1) is 8.20. The Bertz CT molecular complexity index is 378. The molecule has 0 aliphatic heterocycles. The first-order valence-corrected chi connectivity index (χ1v) is 7.29. The maximum atomic E-state index is 6.26. The van der Waals surface area contributed by atoms with E-state index in [1.54, 1.807) is 0 Å². The van der Waals surface area contributed by atoms with E-state index in [0.717, 1.165) is 27.4 Å². The summed E-state index contributed by atoms with van der Waals surface area (Å²) in [4.78, 5) is 0. The molecule has 0 radical (unpaired) electrons. The first kappa shape index (κ1) is 13.3. The predicted molar refractivity (Wildman–Crippen MR) is 75.8 cm³/mol. The molecule has 2 rings (SSSR count). The number of benzene rings is 1. The lowest BCUT2D eigenvalue weighted by molar-refractivity contribution is 0.400. The molecule has 0 aromatic heterocycles. The highest BCUT2D eigenvalue weighted by atomic mass is 79.9. The highest BCUT2D eigenvalue weighted by molar-refractivity contribution is 9.10. The van der Waals surface area contributed by atoms with Crippen LogP contribution in [0.25, 0.3) is 0 Å². The minimum Gasteiger partial charge on any atom is -0.271 e. The lowest BCUT2D eigenvalue weighted by Gasteiger charge is -2.21. The van der Waals surface area contributed by atoms with Crippen LogP contribution in [-0.2, 0) is 0 Å². The van der Waals surface area contributed by atoms with E-state index < -0.39 is 0 Å². The molecule has 0 amide bonds. The van der Waals surface area contributed by atoms with Crippen LogP contribution < -0.4 is 11.3 Å². The van der Waals surface area contributed by atoms with Gasteiger partial charge in [0, 0.05) is 15.5 Å². The molecule has 94 valence electrons. The van der Waals surface area contributed by atoms with Crippen LogP contribution in [0, 0.1) is 5.92 Å². The summed E-state index contributed by atoms with van der Waals surface area (Å²) < 4.78 is 1.00. The minimum absolute atomic E-state index is 0.165. The van der Waals surface area contributed by atoms with Gasteiger partial charge in [0.05, 0.1) is 0 Å². The molecule has 4 heteroatoms. The van der Waals surface area contributed by atoms with Crippen molar-refractivity contribution in [1.82, 2.24) is 5.43 Å². The molecule has 1 aromatic carbocycles. The van der Waals surface area contributed by atoms with Gasteiger partial charge >= 0.3 is 0 Å². The van der Waals surface area contributed by atoms with E-state index in [2.05, 4.69) is 21.4 Å². The average molecular weight is 318 g/mol. The van der Waals surface area contributed by atoms with Gasteiger partial charge in [0.25, 0.3) is 0 Å². The Balaban J connectivity index is 2.10. The second kappa shape index (κ2) is 6.19. The number of hydrazine groups is 1. The molecule has 2 nitrogen and oxygen atoms in total. The van der Waals surface area contributed by atoms with Crippen molar-refractivity contribution in [3.05, 3.63) is 33.3 Å². The molecule has 1 aliphatic rings. The van der Waals surface area contributed by atoms with Gasteiger partial charge in [-0.2, -0.15) is 0 Å². The lowest BCUT2D eigenvalue weighted by Crippen LogP contribution is -2.29. The van der Waals surface area contributed by atoms with Crippen LogP contribution >= 0.6 is 27.5 Å². The zero-order valence-electron chi connectivity index (χ0n) is 9.76. The minimum atomic E-state index is 0.165. The highest BCUT2D eigenvalue weighted by Crippen LogP contribution is 2.35. The Morgan fingerprint density at radius 1 is 1.41 bits per heavy atom. The van der Waals surface area contributed by atoms with Crippen LogP contribution in [0.1, 0.15) is 43.7 Å². The lowest BCUT2D eigenvalue weighted by atomic mass is 9.94. The molecule has 1 unspecified atom stereocenters. The summed E-state index contributed by atoms with van der Waals surface area (Å²) in [6.07, 6.45) is 6.45. The van der Waals surface area contributed by atoms with Gasteiger partial charge in [0.1, 0.15) is 0 Å². The second-order valence-corrected chi connectivity index (χ2v) is 6.09. The van der Waals surface area contributed by atoms with Crippen molar-refractivity contribution in [2.45, 2.75) is 38.1 Å². The maximum absolute atomic E-state index is 6.26. The van der Waals surface area contributed by atoms with Gasteiger partial charge in [0.2, 0.25) is 0 Å². The summed E-state index contributed by atoms with van der Waals surface area (Å²) >= 11 is 9.68. The van der Waals surface area contributed by atoms with Crippen LogP contribution in [0.15, 0.2) is 22.7 Å². The van der Waals surface area contributed by atoms with Gasteiger partial charge < -0.3 is 0 Å². The fraction of sp³-hybridized carbons (Fsp3) is 0.538. The largest absolute Gasteiger partial charge is 0.271 e. The normalized spacial score (nSPS) is 18.5. The van der Waals surface area contributed by atoms with Gasteiger partial charge in [-0.25, -0.2) is 0 Å². The third-order valence-electron chi connectivity index (χ3n) is 3.58. The summed E-state index contributed by atoms with van der Waals surface area (Å²) in [5.41, 5.74) is 4.01. The Labute approximate surface area is 116 Å². The van der Waals surface area contributed by atoms with Gasteiger partial charge in [-0.15, -0.1) is 0 Å². The quantitative estimate of drug-likeness (QED) is 0.645. The summed E-state index contributed by atoms with van der Waals surface area (Å²) in [7, 11) is 0. The van der Waals surface area contributed by atoms with Crippen molar-refractivity contribution in [2.75, 3.05) is 0 Å². The molecular formula is C13H18BrClN2. The Morgan fingerprint density at radius 3 is 2.71 bits per heavy atom. The fourth-order valence-electron chi connectivity index (χ4n) is 2.65. The van der Waals surface area contributed by atoms with Gasteiger partial charge in [-0.05, 0) is 30.0 Å². The molecule has 3 N–H and O–H groups in total. The average Bonchev–Trinajstić information content (AvgIpc) is 2.79. The molecule has 1 atom stereocenters. The Kier molecular flexibility index (Phi) is 4.86. The number of hydrogen-bond acceptors (Lipinski definition) is 2. The van der Waals surface area contributed by atoms with E-state index in [1.165, 1.54) is 25.7 Å². The molecule has 0 heterocycles. The number of nitrogens with one attached hydrogen (secondary N) is 1. The van der Waals surface area contributed by atoms with Crippen LogP contribution in [0.3, 0.4) is 0 Å². The standard InChI is InChI=1S/C13H18BrClN2/c14-10-5-6-11(12(15)8-10)13(17-16)7-9-3-1-2-4-9/h5-6,8-9,13,17H,1-4,7,16H2. The third kappa shape index (κ3) is 3.44. The van der Waals surface area contributed by atoms with Crippen molar-refractivity contribution in [3.8, 4) is 0 Å². The highest BCUT2D eigenvalue weighted by Gasteiger charge is 2.21. The number of hydrogen-bond donors (Lipinski definition) is 2. The smallest absolute Gasteiger partial charge is 0.0477 e. The molecule has 1 fully saturated rings. The zero-order valence-corrected chi connectivity index (χ0v) is 12.1. The van der Waals surface area contributed by atoms with Crippen molar-refractivity contribution in [3.63, 3.8) is 0 Å². The van der Waals surface area contributed by atoms with Crippen molar-refractivity contribution in [1.29, 1.82) is 0 Å². The third-order valence-corrected chi connectivity index (χ3v) is 4.40. The maximum Gasteiger partial charge on any atom is 0.0477 e. The second-order valence-electron chi connectivity index (χ2n) is 4.77. The summed E-state index contributed by atoms with van der Waals surface area (Å²) in [5.74, 6) is 6.46. The predicted octanol–water partition coefficient (Wildman–Crippen LogP) is 4.19. The van der Waals surface area contributed by atoms with Crippen molar-refractivity contribution < 1.29 is 0 Å². The van der Waals surface area contributed by atoms with E-state index in [0.29, 0.717) is 0 Å². The van der Waals surface area contributed by atoms with E-state index in [9.17, 15) is 0 Å². The van der Waals surface area contributed by atoms with Crippen LogP contribution in [0.5, 0.6) is 0 Å². The van der Waals surface area contributed by atoms with Gasteiger partial charge in [-0.3, -0.25) is 11.3 Å². The topological polar surface area (TPSA) is 38.0 Å². The Morgan fingerprint density at radius 2 is 2.12 bits per heavy atom. The molecule has 0 saturated heterocycles. The van der Waals surface area contributed by atoms with E-state index in [-0.39, 0.29) is 6.04 Å².